The van der Waals surface area contributed by atoms with Crippen molar-refractivity contribution in [1.82, 2.24) is 0 Å². The number of hydrogen-bond donors (Lipinski definition) is 11. The van der Waals surface area contributed by atoms with E-state index in [-0.39, 0.29) is 7.43 Å². The molecule has 16 nitrogen and oxygen atoms in total. The van der Waals surface area contributed by atoms with E-state index >= 15 is 0 Å². The SMILES string of the molecule is C.OCC1O[C@@H](O[C@@H]2C(CO)O[C@@H](O[C@@H]3C(CO)O[C@@H](O)[C@@H](O)C3O)[C@@H](O)C2O)[C@@H](O)C(O)[C@@H]1O. The molecule has 0 aromatic carbocycles. The van der Waals surface area contributed by atoms with E-state index < -0.39 is 112 Å². The average molecular weight is 520 g/mol. The van der Waals surface area contributed by atoms with Crippen LogP contribution in [0.3, 0.4) is 0 Å². The van der Waals surface area contributed by atoms with E-state index in [0.29, 0.717) is 0 Å². The molecule has 0 aliphatic carbocycles. The van der Waals surface area contributed by atoms with Crippen molar-refractivity contribution in [2.45, 2.75) is 99.5 Å². The summed E-state index contributed by atoms with van der Waals surface area (Å²) in [6.45, 7) is -2.32. The van der Waals surface area contributed by atoms with Crippen molar-refractivity contribution in [3.05, 3.63) is 0 Å². The fraction of sp³-hybridized carbons (Fsp3) is 1.00. The van der Waals surface area contributed by atoms with Gasteiger partial charge in [0.2, 0.25) is 0 Å². The van der Waals surface area contributed by atoms with Gasteiger partial charge in [0.15, 0.2) is 18.9 Å². The number of hydrogen-bond acceptors (Lipinski definition) is 16. The molecular weight excluding hydrogens is 484 g/mol. The average Bonchev–Trinajstić information content (AvgIpc) is 2.83. The minimum Gasteiger partial charge on any atom is -0.394 e. The second kappa shape index (κ2) is 12.7. The summed E-state index contributed by atoms with van der Waals surface area (Å²) in [4.78, 5) is 0. The Kier molecular flexibility index (Phi) is 11.1. The molecule has 3 aliphatic heterocycles. The molecule has 3 fully saturated rings. The molecule has 3 saturated heterocycles. The highest BCUT2D eigenvalue weighted by atomic mass is 16.8. The van der Waals surface area contributed by atoms with Gasteiger partial charge in [-0.3, -0.25) is 0 Å². The van der Waals surface area contributed by atoms with Crippen molar-refractivity contribution in [1.29, 1.82) is 0 Å². The molecule has 0 bridgehead atoms. The lowest BCUT2D eigenvalue weighted by atomic mass is 9.96. The maximum absolute atomic E-state index is 10.6. The van der Waals surface area contributed by atoms with Gasteiger partial charge in [-0.2, -0.15) is 0 Å². The Morgan fingerprint density at radius 3 is 1.34 bits per heavy atom. The van der Waals surface area contributed by atoms with Gasteiger partial charge in [-0.1, -0.05) is 7.43 Å². The number of aliphatic hydroxyl groups is 11. The van der Waals surface area contributed by atoms with Gasteiger partial charge in [-0.05, 0) is 0 Å². The van der Waals surface area contributed by atoms with Gasteiger partial charge in [0, 0.05) is 0 Å². The summed E-state index contributed by atoms with van der Waals surface area (Å²) in [6.07, 6.45) is -25.1. The van der Waals surface area contributed by atoms with Crippen LogP contribution in [0.15, 0.2) is 0 Å². The summed E-state index contributed by atoms with van der Waals surface area (Å²) in [6, 6.07) is 0. The van der Waals surface area contributed by atoms with E-state index in [4.69, 9.17) is 23.7 Å². The molecule has 0 saturated carbocycles. The zero-order valence-electron chi connectivity index (χ0n) is 17.7. The second-order valence-corrected chi connectivity index (χ2v) is 8.33. The van der Waals surface area contributed by atoms with Crippen LogP contribution in [0, 0.1) is 0 Å². The van der Waals surface area contributed by atoms with Crippen LogP contribution in [0.1, 0.15) is 7.43 Å². The van der Waals surface area contributed by atoms with Gasteiger partial charge in [0.1, 0.15) is 73.2 Å². The number of ether oxygens (including phenoxy) is 5. The van der Waals surface area contributed by atoms with E-state index in [1.165, 1.54) is 0 Å². The van der Waals surface area contributed by atoms with Gasteiger partial charge < -0.3 is 79.9 Å². The van der Waals surface area contributed by atoms with E-state index in [2.05, 4.69) is 0 Å². The van der Waals surface area contributed by atoms with Crippen molar-refractivity contribution in [3.63, 3.8) is 0 Å². The van der Waals surface area contributed by atoms with Crippen LogP contribution >= 0.6 is 0 Å². The molecule has 0 amide bonds. The second-order valence-electron chi connectivity index (χ2n) is 8.33. The predicted molar refractivity (Wildman–Crippen MR) is 108 cm³/mol. The third-order valence-corrected chi connectivity index (χ3v) is 6.09. The van der Waals surface area contributed by atoms with Crippen molar-refractivity contribution in [3.8, 4) is 0 Å². The molecule has 15 atom stereocenters. The van der Waals surface area contributed by atoms with Crippen LogP contribution in [0.4, 0.5) is 0 Å². The largest absolute Gasteiger partial charge is 0.394 e. The summed E-state index contributed by atoms with van der Waals surface area (Å²) in [5.74, 6) is 0. The first-order valence-corrected chi connectivity index (χ1v) is 10.6. The fourth-order valence-corrected chi connectivity index (χ4v) is 4.06. The Hall–Kier alpha value is -0.640. The minimum atomic E-state index is -1.91. The number of aliphatic hydroxyl groups excluding tert-OH is 11. The van der Waals surface area contributed by atoms with Crippen LogP contribution in [0.2, 0.25) is 0 Å². The summed E-state index contributed by atoms with van der Waals surface area (Å²) in [5.41, 5.74) is 0. The molecule has 3 rings (SSSR count). The molecule has 35 heavy (non-hydrogen) atoms. The lowest BCUT2D eigenvalue weighted by molar-refractivity contribution is -0.377. The molecule has 0 aromatic heterocycles. The van der Waals surface area contributed by atoms with E-state index in [0.717, 1.165) is 0 Å². The van der Waals surface area contributed by atoms with E-state index in [9.17, 15) is 56.2 Å². The van der Waals surface area contributed by atoms with Crippen molar-refractivity contribution < 1.29 is 79.9 Å². The Morgan fingerprint density at radius 2 is 0.857 bits per heavy atom. The highest BCUT2D eigenvalue weighted by Crippen LogP contribution is 2.32. The van der Waals surface area contributed by atoms with Crippen molar-refractivity contribution >= 4 is 0 Å². The first-order chi connectivity index (χ1) is 16.0. The monoisotopic (exact) mass is 520 g/mol. The molecule has 0 aromatic rings. The van der Waals surface area contributed by atoms with Crippen LogP contribution in [0.25, 0.3) is 0 Å². The third-order valence-electron chi connectivity index (χ3n) is 6.09. The molecule has 3 heterocycles. The normalized spacial score (nSPS) is 51.0. The first kappa shape index (κ1) is 30.6. The minimum absolute atomic E-state index is 0. The summed E-state index contributed by atoms with van der Waals surface area (Å²) < 4.78 is 26.4. The van der Waals surface area contributed by atoms with Crippen molar-refractivity contribution in [2.75, 3.05) is 19.8 Å². The molecular formula is C19H36O16. The molecule has 11 N–H and O–H groups in total. The smallest absolute Gasteiger partial charge is 0.187 e. The highest BCUT2D eigenvalue weighted by Gasteiger charge is 2.53. The molecule has 16 heteroatoms. The lowest BCUT2D eigenvalue weighted by Gasteiger charge is -2.47. The topological polar surface area (TPSA) is 269 Å². The Balaban J connectivity index is 0.00000432. The molecule has 3 aliphatic rings. The maximum atomic E-state index is 10.6. The first-order valence-electron chi connectivity index (χ1n) is 10.6. The maximum Gasteiger partial charge on any atom is 0.187 e. The van der Waals surface area contributed by atoms with Gasteiger partial charge >= 0.3 is 0 Å². The van der Waals surface area contributed by atoms with Crippen molar-refractivity contribution in [2.24, 2.45) is 0 Å². The Morgan fingerprint density at radius 1 is 0.457 bits per heavy atom. The van der Waals surface area contributed by atoms with Gasteiger partial charge in [0.05, 0.1) is 19.8 Å². The molecule has 0 radical (unpaired) electrons. The summed E-state index contributed by atoms with van der Waals surface area (Å²) in [7, 11) is 0. The number of rotatable bonds is 7. The van der Waals surface area contributed by atoms with Crippen LogP contribution in [0.5, 0.6) is 0 Å². The van der Waals surface area contributed by atoms with E-state index in [1.807, 2.05) is 0 Å². The summed E-state index contributed by atoms with van der Waals surface area (Å²) in [5, 5.41) is 109. The molecule has 0 spiro atoms. The standard InChI is InChI=1S/C18H32O16.CH4/c19-1-4-7(22)8(23)12(27)17(31-4)34-15-6(3-21)32-18(13(28)10(15)25)33-14-5(2-20)30-16(29)11(26)9(14)24;/h4-29H,1-3H2;1H4/t4?,5?,6?,7-,8?,9?,10?,11+,12+,13+,14-,15-,16-,17+,18+;/m1./s1. The fourth-order valence-electron chi connectivity index (χ4n) is 4.06. The zero-order valence-corrected chi connectivity index (χ0v) is 17.7. The lowest BCUT2D eigenvalue weighted by Crippen LogP contribution is -2.66. The van der Waals surface area contributed by atoms with Gasteiger partial charge in [-0.15, -0.1) is 0 Å². The van der Waals surface area contributed by atoms with E-state index in [1.54, 1.807) is 0 Å². The quantitative estimate of drug-likeness (QED) is 0.149. The molecule has 6 unspecified atom stereocenters. The highest BCUT2D eigenvalue weighted by molar-refractivity contribution is 4.96. The Bertz CT molecular complexity index is 636. The van der Waals surface area contributed by atoms with Crippen LogP contribution < -0.4 is 0 Å². The van der Waals surface area contributed by atoms with Gasteiger partial charge in [-0.25, -0.2) is 0 Å². The molecule has 208 valence electrons. The summed E-state index contributed by atoms with van der Waals surface area (Å²) >= 11 is 0. The van der Waals surface area contributed by atoms with Gasteiger partial charge in [0.25, 0.3) is 0 Å². The third kappa shape index (κ3) is 6.10. The Labute approximate surface area is 200 Å². The van der Waals surface area contributed by atoms with Crippen LogP contribution in [-0.2, 0) is 23.7 Å². The predicted octanol–water partition coefficient (Wildman–Crippen LogP) is -6.94. The zero-order chi connectivity index (χ0) is 25.3. The van der Waals surface area contributed by atoms with Crippen LogP contribution in [-0.4, -0.2) is 168 Å².